The molecule has 1 aromatic carbocycles. The van der Waals surface area contributed by atoms with Gasteiger partial charge >= 0.3 is 0 Å². The molecule has 0 aliphatic heterocycles. The van der Waals surface area contributed by atoms with Gasteiger partial charge in [0.25, 0.3) is 0 Å². The Morgan fingerprint density at radius 2 is 2.17 bits per heavy atom. The van der Waals surface area contributed by atoms with Crippen LogP contribution in [-0.4, -0.2) is 28.8 Å². The third kappa shape index (κ3) is 2.64. The monoisotopic (exact) mass is 332 g/mol. The molecule has 2 aliphatic rings. The molecule has 6 heteroatoms. The average Bonchev–Trinajstić information content (AvgIpc) is 2.87. The van der Waals surface area contributed by atoms with Gasteiger partial charge in [-0.2, -0.15) is 5.10 Å². The lowest BCUT2D eigenvalue weighted by atomic mass is 10.0. The number of benzene rings is 1. The molecule has 4 rings (SSSR count). The maximum atomic E-state index is 12.6. The van der Waals surface area contributed by atoms with Crippen molar-refractivity contribution in [2.45, 2.75) is 24.4 Å². The molecule has 0 saturated heterocycles. The van der Waals surface area contributed by atoms with Crippen molar-refractivity contribution in [2.24, 2.45) is 13.0 Å². The minimum absolute atomic E-state index is 0. The number of aromatic nitrogens is 2. The van der Waals surface area contributed by atoms with Gasteiger partial charge in [-0.1, -0.05) is 24.3 Å². The first-order valence-electron chi connectivity index (χ1n) is 7.73. The predicted octanol–water partition coefficient (Wildman–Crippen LogP) is 1.56. The third-order valence-electron chi connectivity index (χ3n) is 4.96. The molecule has 1 saturated carbocycles. The zero-order valence-corrected chi connectivity index (χ0v) is 14.0. The van der Waals surface area contributed by atoms with Gasteiger partial charge in [0.1, 0.15) is 6.04 Å². The fourth-order valence-electron chi connectivity index (χ4n) is 3.83. The summed E-state index contributed by atoms with van der Waals surface area (Å²) in [6.45, 7) is 0. The number of rotatable bonds is 4. The van der Waals surface area contributed by atoms with Crippen molar-refractivity contribution in [2.75, 3.05) is 7.05 Å². The Morgan fingerprint density at radius 1 is 1.39 bits per heavy atom. The van der Waals surface area contributed by atoms with Crippen molar-refractivity contribution in [3.05, 3.63) is 53.3 Å². The third-order valence-corrected chi connectivity index (χ3v) is 4.96. The minimum atomic E-state index is -0.342. The predicted molar refractivity (Wildman–Crippen MR) is 90.6 cm³/mol. The van der Waals surface area contributed by atoms with E-state index >= 15 is 0 Å². The highest BCUT2D eigenvalue weighted by molar-refractivity contribution is 5.85. The van der Waals surface area contributed by atoms with E-state index in [4.69, 9.17) is 0 Å². The van der Waals surface area contributed by atoms with Crippen LogP contribution in [0.1, 0.15) is 28.7 Å². The Bertz CT molecular complexity index is 729. The SMILES string of the molecule is CNC(C(=O)NC1C2Cc3ccccc3C21)c1cnn(C)c1.Cl. The van der Waals surface area contributed by atoms with Crippen LogP contribution < -0.4 is 10.6 Å². The lowest BCUT2D eigenvalue weighted by molar-refractivity contribution is -0.123. The second-order valence-corrected chi connectivity index (χ2v) is 6.30. The number of likely N-dealkylation sites (N-methyl/N-ethyl adjacent to an activating group) is 1. The van der Waals surface area contributed by atoms with Crippen LogP contribution in [-0.2, 0) is 18.3 Å². The van der Waals surface area contributed by atoms with Crippen LogP contribution in [0.3, 0.4) is 0 Å². The van der Waals surface area contributed by atoms with Gasteiger partial charge in [0.2, 0.25) is 5.91 Å². The van der Waals surface area contributed by atoms with E-state index < -0.39 is 0 Å². The van der Waals surface area contributed by atoms with Crippen LogP contribution in [0, 0.1) is 5.92 Å². The Balaban J connectivity index is 0.00000156. The summed E-state index contributed by atoms with van der Waals surface area (Å²) in [5.41, 5.74) is 3.76. The van der Waals surface area contributed by atoms with Crippen LogP contribution in [0.2, 0.25) is 0 Å². The largest absolute Gasteiger partial charge is 0.351 e. The van der Waals surface area contributed by atoms with E-state index in [2.05, 4.69) is 40.0 Å². The summed E-state index contributed by atoms with van der Waals surface area (Å²) >= 11 is 0. The van der Waals surface area contributed by atoms with E-state index in [9.17, 15) is 4.79 Å². The number of amides is 1. The van der Waals surface area contributed by atoms with Gasteiger partial charge in [0.05, 0.1) is 6.20 Å². The lowest BCUT2D eigenvalue weighted by Crippen LogP contribution is -2.38. The number of carbonyl (C=O) groups excluding carboxylic acids is 1. The Hall–Kier alpha value is -1.85. The first-order chi connectivity index (χ1) is 10.7. The topological polar surface area (TPSA) is 59.0 Å². The van der Waals surface area contributed by atoms with Gasteiger partial charge in [-0.15, -0.1) is 12.4 Å². The van der Waals surface area contributed by atoms with Crippen LogP contribution in [0.4, 0.5) is 0 Å². The maximum Gasteiger partial charge on any atom is 0.242 e. The van der Waals surface area contributed by atoms with Gasteiger partial charge in [-0.25, -0.2) is 0 Å². The molecule has 122 valence electrons. The Labute approximate surface area is 141 Å². The van der Waals surface area contributed by atoms with Crippen LogP contribution in [0.15, 0.2) is 36.7 Å². The van der Waals surface area contributed by atoms with E-state index in [1.165, 1.54) is 11.1 Å². The minimum Gasteiger partial charge on any atom is -0.351 e. The molecule has 5 nitrogen and oxygen atoms in total. The maximum absolute atomic E-state index is 12.6. The number of hydrogen-bond acceptors (Lipinski definition) is 3. The highest BCUT2D eigenvalue weighted by Gasteiger charge is 2.56. The number of carbonyl (C=O) groups is 1. The number of halogens is 1. The number of nitrogens with zero attached hydrogens (tertiary/aromatic N) is 2. The van der Waals surface area contributed by atoms with Crippen LogP contribution >= 0.6 is 12.4 Å². The first-order valence-corrected chi connectivity index (χ1v) is 7.73. The van der Waals surface area contributed by atoms with E-state index in [0.29, 0.717) is 11.8 Å². The highest BCUT2D eigenvalue weighted by Crippen LogP contribution is 2.56. The molecule has 1 amide bonds. The fourth-order valence-corrected chi connectivity index (χ4v) is 3.83. The Morgan fingerprint density at radius 3 is 2.87 bits per heavy atom. The summed E-state index contributed by atoms with van der Waals surface area (Å²) in [4.78, 5) is 12.6. The van der Waals surface area contributed by atoms with E-state index in [-0.39, 0.29) is 30.4 Å². The summed E-state index contributed by atoms with van der Waals surface area (Å²) in [7, 11) is 3.66. The molecule has 2 aliphatic carbocycles. The molecular formula is C17H21ClN4O. The van der Waals surface area contributed by atoms with Crippen molar-refractivity contribution in [3.63, 3.8) is 0 Å². The quantitative estimate of drug-likeness (QED) is 0.893. The average molecular weight is 333 g/mol. The highest BCUT2D eigenvalue weighted by atomic mass is 35.5. The summed E-state index contributed by atoms with van der Waals surface area (Å²) in [5.74, 6) is 1.12. The van der Waals surface area contributed by atoms with Gasteiger partial charge < -0.3 is 10.6 Å². The van der Waals surface area contributed by atoms with E-state index in [0.717, 1.165) is 12.0 Å². The standard InChI is InChI=1S/C17H20N4O.ClH/c1-18-15(11-8-19-21(2)9-11)17(22)20-16-13-7-10-5-3-4-6-12(10)14(13)16;/h3-6,8-9,13-16,18H,7H2,1-2H3,(H,20,22);1H. The van der Waals surface area contributed by atoms with Crippen molar-refractivity contribution in [1.82, 2.24) is 20.4 Å². The number of nitrogens with one attached hydrogen (secondary N) is 2. The van der Waals surface area contributed by atoms with Crippen LogP contribution in [0.5, 0.6) is 0 Å². The molecule has 2 N–H and O–H groups in total. The molecule has 23 heavy (non-hydrogen) atoms. The zero-order chi connectivity index (χ0) is 15.3. The number of hydrogen-bond donors (Lipinski definition) is 2. The van der Waals surface area contributed by atoms with Gasteiger partial charge in [0, 0.05) is 30.8 Å². The van der Waals surface area contributed by atoms with Gasteiger partial charge in [0.15, 0.2) is 0 Å². The number of aryl methyl sites for hydroxylation is 1. The summed E-state index contributed by atoms with van der Waals surface area (Å²) in [6, 6.07) is 8.52. The van der Waals surface area contributed by atoms with Crippen molar-refractivity contribution < 1.29 is 4.79 Å². The molecule has 0 radical (unpaired) electrons. The Kier molecular flexibility index (Phi) is 4.17. The molecular weight excluding hydrogens is 312 g/mol. The van der Waals surface area contributed by atoms with Crippen molar-refractivity contribution >= 4 is 18.3 Å². The molecule has 4 atom stereocenters. The summed E-state index contributed by atoms with van der Waals surface area (Å²) in [6.07, 6.45) is 4.70. The summed E-state index contributed by atoms with van der Waals surface area (Å²) in [5, 5.41) is 10.4. The van der Waals surface area contributed by atoms with Crippen LogP contribution in [0.25, 0.3) is 0 Å². The first kappa shape index (κ1) is 16.0. The molecule has 0 bridgehead atoms. The van der Waals surface area contributed by atoms with E-state index in [1.54, 1.807) is 17.9 Å². The molecule has 0 spiro atoms. The lowest BCUT2D eigenvalue weighted by Gasteiger charge is -2.16. The zero-order valence-electron chi connectivity index (χ0n) is 13.2. The summed E-state index contributed by atoms with van der Waals surface area (Å²) < 4.78 is 1.72. The van der Waals surface area contributed by atoms with Gasteiger partial charge in [-0.3, -0.25) is 9.48 Å². The molecule has 4 unspecified atom stereocenters. The van der Waals surface area contributed by atoms with Crippen molar-refractivity contribution in [1.29, 1.82) is 0 Å². The molecule has 2 aromatic rings. The van der Waals surface area contributed by atoms with E-state index in [1.807, 2.05) is 13.2 Å². The van der Waals surface area contributed by atoms with Gasteiger partial charge in [-0.05, 0) is 30.5 Å². The van der Waals surface area contributed by atoms with Crippen molar-refractivity contribution in [3.8, 4) is 0 Å². The second-order valence-electron chi connectivity index (χ2n) is 6.30. The molecule has 1 heterocycles. The fraction of sp³-hybridized carbons (Fsp3) is 0.412. The number of fused-ring (bicyclic) bond motifs is 3. The second kappa shape index (κ2) is 5.98. The molecule has 1 aromatic heterocycles. The normalized spacial score (nSPS) is 25.0. The smallest absolute Gasteiger partial charge is 0.242 e. The molecule has 1 fully saturated rings.